The van der Waals surface area contributed by atoms with Gasteiger partial charge >= 0.3 is 31.3 Å². The van der Waals surface area contributed by atoms with E-state index in [2.05, 4.69) is 43.3 Å². The van der Waals surface area contributed by atoms with E-state index in [1.165, 1.54) is 32.1 Å². The number of allylic oxidation sites excluding steroid dienone is 2. The summed E-state index contributed by atoms with van der Waals surface area (Å²) in [6, 6.07) is 9.20. The van der Waals surface area contributed by atoms with Crippen molar-refractivity contribution in [1.29, 1.82) is 0 Å². The summed E-state index contributed by atoms with van der Waals surface area (Å²) in [5, 5.41) is 0. The van der Waals surface area contributed by atoms with Crippen LogP contribution < -0.4 is 0 Å². The van der Waals surface area contributed by atoms with Gasteiger partial charge in [0, 0.05) is 0 Å². The largest absolute Gasteiger partial charge is 0.522 e. The van der Waals surface area contributed by atoms with Crippen molar-refractivity contribution in [2.24, 2.45) is 17.3 Å². The molecule has 2 N–H and O–H groups in total. The molecule has 6 nitrogen and oxygen atoms in total. The van der Waals surface area contributed by atoms with Crippen molar-refractivity contribution in [3.63, 3.8) is 0 Å². The minimum atomic E-state index is -5.84. The van der Waals surface area contributed by atoms with Crippen molar-refractivity contribution in [2.75, 3.05) is 0 Å². The van der Waals surface area contributed by atoms with Crippen molar-refractivity contribution in [3.8, 4) is 0 Å². The van der Waals surface area contributed by atoms with Crippen LogP contribution in [-0.2, 0) is 26.7 Å². The Balaban J connectivity index is 0.000000216. The van der Waals surface area contributed by atoms with Crippen LogP contribution in [0.5, 0.6) is 0 Å². The Hall–Kier alpha value is -1.64. The highest BCUT2D eigenvalue weighted by Gasteiger charge is 2.48. The van der Waals surface area contributed by atoms with Crippen molar-refractivity contribution in [3.05, 3.63) is 47.5 Å². The molecule has 1 aromatic carbocycles. The molecule has 1 fully saturated rings. The Bertz CT molecular complexity index is 1070. The Morgan fingerprint density at radius 1 is 0.912 bits per heavy atom. The van der Waals surface area contributed by atoms with Gasteiger partial charge in [0.1, 0.15) is 0 Å². The third kappa shape index (κ3) is 6.52. The maximum atomic E-state index is 10.7. The lowest BCUT2D eigenvalue weighted by Gasteiger charge is -2.49. The maximum absolute atomic E-state index is 10.7. The van der Waals surface area contributed by atoms with Gasteiger partial charge in [-0.1, -0.05) is 43.3 Å². The summed E-state index contributed by atoms with van der Waals surface area (Å²) in [7, 11) is -11.7. The monoisotopic (exact) mass is 538 g/mol. The highest BCUT2D eigenvalue weighted by atomic mass is 32.2. The molecule has 34 heavy (non-hydrogen) atoms. The van der Waals surface area contributed by atoms with Gasteiger partial charge in [0.05, 0.1) is 0 Å². The van der Waals surface area contributed by atoms with Gasteiger partial charge in [-0.05, 0) is 66.4 Å². The third-order valence-electron chi connectivity index (χ3n) is 6.55. The molecule has 0 bridgehead atoms. The van der Waals surface area contributed by atoms with Crippen molar-refractivity contribution >= 4 is 20.2 Å². The van der Waals surface area contributed by atoms with E-state index >= 15 is 0 Å². The van der Waals surface area contributed by atoms with Crippen LogP contribution in [0.3, 0.4) is 0 Å². The fraction of sp³-hybridized carbons (Fsp3) is 0.600. The second-order valence-electron chi connectivity index (χ2n) is 8.64. The second kappa shape index (κ2) is 9.78. The molecule has 0 radical (unpaired) electrons. The first-order valence-corrected chi connectivity index (χ1v) is 13.0. The molecular weight excluding hydrogens is 514 g/mol. The molecule has 4 atom stereocenters. The number of alkyl halides is 6. The zero-order valence-electron chi connectivity index (χ0n) is 17.8. The first kappa shape index (κ1) is 28.6. The lowest BCUT2D eigenvalue weighted by molar-refractivity contribution is -0.0514. The quantitative estimate of drug-likeness (QED) is 0.196. The number of rotatable bonds is 0. The topological polar surface area (TPSA) is 109 Å². The molecule has 0 amide bonds. The van der Waals surface area contributed by atoms with Crippen molar-refractivity contribution in [1.82, 2.24) is 0 Å². The van der Waals surface area contributed by atoms with Gasteiger partial charge in [0.2, 0.25) is 0 Å². The zero-order chi connectivity index (χ0) is 26.2. The van der Waals surface area contributed by atoms with Gasteiger partial charge < -0.3 is 0 Å². The van der Waals surface area contributed by atoms with Gasteiger partial charge in [0.25, 0.3) is 0 Å². The summed E-state index contributed by atoms with van der Waals surface area (Å²) in [5.74, 6) is 2.71. The van der Waals surface area contributed by atoms with E-state index in [9.17, 15) is 26.3 Å². The average molecular weight is 539 g/mol. The molecule has 0 aliphatic heterocycles. The Kier molecular flexibility index (Phi) is 8.23. The standard InChI is InChI=1S/C18H22.2CHF3O3S/c1-18-11-4-7-17(18)16-9-8-13-5-2-3-6-14(13)15(16)10-12-18;2*2-1(3,4)8(5,6)7/h2-6,11,15-17H,7-10,12H2,1H3;2*(H,5,6,7)/t15-,16-,17+,18+;;/m1../s1. The van der Waals surface area contributed by atoms with Gasteiger partial charge in [-0.25, -0.2) is 0 Å². The molecule has 3 aliphatic carbocycles. The number of aryl methyl sites for hydroxylation is 1. The van der Waals surface area contributed by atoms with Crippen LogP contribution in [-0.4, -0.2) is 37.0 Å². The van der Waals surface area contributed by atoms with Crippen LogP contribution in [0.1, 0.15) is 49.7 Å². The lowest BCUT2D eigenvalue weighted by atomic mass is 9.56. The number of hydrogen-bond donors (Lipinski definition) is 2. The Labute approximate surface area is 193 Å². The molecule has 0 heterocycles. The summed E-state index contributed by atoms with van der Waals surface area (Å²) in [6.45, 7) is 2.50. The van der Waals surface area contributed by atoms with Crippen LogP contribution >= 0.6 is 0 Å². The minimum Gasteiger partial charge on any atom is -0.279 e. The number of hydrogen-bond acceptors (Lipinski definition) is 4. The molecular formula is C20H24F6O6S2. The molecule has 1 saturated carbocycles. The lowest BCUT2D eigenvalue weighted by Crippen LogP contribution is -2.39. The van der Waals surface area contributed by atoms with Crippen molar-refractivity contribution < 1.29 is 52.3 Å². The van der Waals surface area contributed by atoms with Gasteiger partial charge in [-0.15, -0.1) is 0 Å². The van der Waals surface area contributed by atoms with E-state index in [4.69, 9.17) is 25.9 Å². The molecule has 3 aliphatic rings. The van der Waals surface area contributed by atoms with Crippen LogP contribution in [0, 0.1) is 17.3 Å². The molecule has 194 valence electrons. The van der Waals surface area contributed by atoms with Crippen LogP contribution in [0.25, 0.3) is 0 Å². The van der Waals surface area contributed by atoms with Gasteiger partial charge in [-0.3, -0.25) is 9.11 Å². The first-order valence-electron chi connectivity index (χ1n) is 10.1. The van der Waals surface area contributed by atoms with E-state index in [-0.39, 0.29) is 0 Å². The van der Waals surface area contributed by atoms with Crippen molar-refractivity contribution in [2.45, 2.75) is 56.0 Å². The normalized spacial score (nSPS) is 28.3. The number of fused-ring (bicyclic) bond motifs is 5. The molecule has 1 aromatic rings. The fourth-order valence-corrected chi connectivity index (χ4v) is 5.00. The third-order valence-corrected chi connectivity index (χ3v) is 7.72. The molecule has 0 unspecified atom stereocenters. The van der Waals surface area contributed by atoms with E-state index in [1.54, 1.807) is 11.1 Å². The zero-order valence-corrected chi connectivity index (χ0v) is 19.5. The van der Waals surface area contributed by atoms with E-state index in [0.29, 0.717) is 5.41 Å². The molecule has 0 saturated heterocycles. The predicted octanol–water partition coefficient (Wildman–Crippen LogP) is 5.50. The summed E-state index contributed by atoms with van der Waals surface area (Å²) < 4.78 is 115. The summed E-state index contributed by atoms with van der Waals surface area (Å²) >= 11 is 0. The summed E-state index contributed by atoms with van der Waals surface area (Å²) in [4.78, 5) is 0. The first-order chi connectivity index (χ1) is 15.3. The number of benzene rings is 1. The van der Waals surface area contributed by atoms with Gasteiger partial charge in [-0.2, -0.15) is 43.2 Å². The highest BCUT2D eigenvalue weighted by Crippen LogP contribution is 2.58. The predicted molar refractivity (Wildman–Crippen MR) is 111 cm³/mol. The van der Waals surface area contributed by atoms with Crippen LogP contribution in [0.2, 0.25) is 0 Å². The van der Waals surface area contributed by atoms with Gasteiger partial charge in [0.15, 0.2) is 0 Å². The average Bonchev–Trinajstić information content (AvgIpc) is 3.07. The highest BCUT2D eigenvalue weighted by molar-refractivity contribution is 7.86. The van der Waals surface area contributed by atoms with E-state index in [1.807, 2.05) is 0 Å². The molecule has 4 rings (SSSR count). The molecule has 0 spiro atoms. The second-order valence-corrected chi connectivity index (χ2v) is 11.5. The Morgan fingerprint density at radius 2 is 1.41 bits per heavy atom. The smallest absolute Gasteiger partial charge is 0.279 e. The minimum absolute atomic E-state index is 0.521. The SMILES string of the molecule is C[C@@]12C=CC[C@H]1[C@@H]1CCc3ccccc3[C@H]1CC2.O=S(=O)(O)C(F)(F)F.O=S(=O)(O)C(F)(F)F. The molecule has 14 heteroatoms. The van der Waals surface area contributed by atoms with E-state index in [0.717, 1.165) is 17.8 Å². The van der Waals surface area contributed by atoms with E-state index < -0.39 is 31.3 Å². The summed E-state index contributed by atoms with van der Waals surface area (Å²) in [6.07, 6.45) is 11.8. The maximum Gasteiger partial charge on any atom is 0.522 e. The molecule has 0 aromatic heterocycles. The summed E-state index contributed by atoms with van der Waals surface area (Å²) in [5.41, 5.74) is -7.23. The van der Waals surface area contributed by atoms with Crippen LogP contribution in [0.4, 0.5) is 26.3 Å². The fourth-order valence-electron chi connectivity index (χ4n) is 5.00. The number of halogens is 6. The Morgan fingerprint density at radius 3 is 1.91 bits per heavy atom. The van der Waals surface area contributed by atoms with Crippen LogP contribution in [0.15, 0.2) is 36.4 Å².